The Morgan fingerprint density at radius 2 is 1.81 bits per heavy atom. The van der Waals surface area contributed by atoms with Crippen LogP contribution >= 0.6 is 19.8 Å². The van der Waals surface area contributed by atoms with Crippen LogP contribution in [0.25, 0.3) is 0 Å². The molecule has 1 unspecified atom stereocenters. The van der Waals surface area contributed by atoms with E-state index in [2.05, 4.69) is 0 Å². The van der Waals surface area contributed by atoms with Gasteiger partial charge in [0.1, 0.15) is 0 Å². The molecule has 0 aliphatic heterocycles. The molecule has 0 radical (unpaired) electrons. The standard InChI is InChI=1S/C11H18NO2P.ClH/c1-4-14-15(13,11(2,3)12)10-8-6-5-7-9-10;/h5-9H,4,12H2,1-3H3;1H. The van der Waals surface area contributed by atoms with Crippen molar-refractivity contribution in [2.24, 2.45) is 5.73 Å². The minimum Gasteiger partial charge on any atom is -0.324 e. The molecule has 16 heavy (non-hydrogen) atoms. The smallest absolute Gasteiger partial charge is 0.250 e. The highest BCUT2D eigenvalue weighted by Crippen LogP contribution is 2.54. The van der Waals surface area contributed by atoms with Crippen molar-refractivity contribution in [3.8, 4) is 0 Å². The average molecular weight is 264 g/mol. The molecule has 5 heteroatoms. The quantitative estimate of drug-likeness (QED) is 0.850. The van der Waals surface area contributed by atoms with E-state index in [0.717, 1.165) is 0 Å². The van der Waals surface area contributed by atoms with Gasteiger partial charge in [0.2, 0.25) is 0 Å². The molecule has 1 rings (SSSR count). The van der Waals surface area contributed by atoms with Crippen molar-refractivity contribution in [3.63, 3.8) is 0 Å². The maximum absolute atomic E-state index is 12.7. The monoisotopic (exact) mass is 263 g/mol. The third kappa shape index (κ3) is 3.08. The second kappa shape index (κ2) is 5.83. The van der Waals surface area contributed by atoms with Gasteiger partial charge in [0.15, 0.2) is 0 Å². The number of nitrogens with two attached hydrogens (primary N) is 1. The lowest BCUT2D eigenvalue weighted by Crippen LogP contribution is -2.37. The van der Waals surface area contributed by atoms with Crippen LogP contribution in [0.4, 0.5) is 0 Å². The fourth-order valence-electron chi connectivity index (χ4n) is 1.38. The lowest BCUT2D eigenvalue weighted by molar-refractivity contribution is 0.322. The lowest BCUT2D eigenvalue weighted by atomic mass is 10.4. The highest BCUT2D eigenvalue weighted by atomic mass is 35.5. The molecular formula is C11H19ClNO2P. The van der Waals surface area contributed by atoms with Gasteiger partial charge in [0.25, 0.3) is 7.37 Å². The Bertz CT molecular complexity index is 362. The first-order chi connectivity index (χ1) is 6.92. The maximum atomic E-state index is 12.7. The normalized spacial score (nSPS) is 15.0. The fraction of sp³-hybridized carbons (Fsp3) is 0.455. The van der Waals surface area contributed by atoms with Crippen LogP contribution in [0.2, 0.25) is 0 Å². The molecule has 1 atom stereocenters. The van der Waals surface area contributed by atoms with Crippen molar-refractivity contribution in [1.82, 2.24) is 0 Å². The number of rotatable bonds is 4. The van der Waals surface area contributed by atoms with Crippen molar-refractivity contribution in [3.05, 3.63) is 30.3 Å². The van der Waals surface area contributed by atoms with E-state index in [1.807, 2.05) is 25.1 Å². The minimum absolute atomic E-state index is 0. The topological polar surface area (TPSA) is 52.3 Å². The molecule has 3 nitrogen and oxygen atoms in total. The molecule has 0 amide bonds. The number of hydrogen-bond acceptors (Lipinski definition) is 3. The zero-order valence-electron chi connectivity index (χ0n) is 9.84. The molecule has 0 saturated heterocycles. The Balaban J connectivity index is 0.00000225. The fourth-order valence-corrected chi connectivity index (χ4v) is 3.46. The predicted molar refractivity (Wildman–Crippen MR) is 70.8 cm³/mol. The van der Waals surface area contributed by atoms with E-state index in [1.165, 1.54) is 0 Å². The summed E-state index contributed by atoms with van der Waals surface area (Å²) < 4.78 is 18.1. The Morgan fingerprint density at radius 1 is 1.31 bits per heavy atom. The minimum atomic E-state index is -2.98. The van der Waals surface area contributed by atoms with Crippen LogP contribution in [0.5, 0.6) is 0 Å². The summed E-state index contributed by atoms with van der Waals surface area (Å²) in [5.74, 6) is 0. The summed E-state index contributed by atoms with van der Waals surface area (Å²) in [5.41, 5.74) is 5.94. The highest BCUT2D eigenvalue weighted by Gasteiger charge is 2.39. The van der Waals surface area contributed by atoms with Crippen molar-refractivity contribution in [2.75, 3.05) is 6.61 Å². The highest BCUT2D eigenvalue weighted by molar-refractivity contribution is 7.68. The first-order valence-electron chi connectivity index (χ1n) is 5.01. The number of halogens is 1. The van der Waals surface area contributed by atoms with Gasteiger partial charge in [-0.25, -0.2) is 0 Å². The summed E-state index contributed by atoms with van der Waals surface area (Å²) in [6.45, 7) is 5.68. The van der Waals surface area contributed by atoms with E-state index < -0.39 is 12.6 Å². The van der Waals surface area contributed by atoms with E-state index >= 15 is 0 Å². The van der Waals surface area contributed by atoms with E-state index in [4.69, 9.17) is 10.3 Å². The summed E-state index contributed by atoms with van der Waals surface area (Å²) in [6, 6.07) is 9.15. The number of benzene rings is 1. The molecule has 0 spiro atoms. The number of hydrogen-bond donors (Lipinski definition) is 1. The second-order valence-electron chi connectivity index (χ2n) is 3.96. The van der Waals surface area contributed by atoms with Gasteiger partial charge in [0, 0.05) is 5.30 Å². The Morgan fingerprint density at radius 3 is 2.19 bits per heavy atom. The molecule has 0 aromatic heterocycles. The van der Waals surface area contributed by atoms with Crippen LogP contribution in [0.1, 0.15) is 20.8 Å². The second-order valence-corrected chi connectivity index (χ2v) is 6.99. The molecule has 1 aromatic carbocycles. The molecule has 0 aliphatic rings. The molecular weight excluding hydrogens is 245 g/mol. The molecule has 0 heterocycles. The largest absolute Gasteiger partial charge is 0.324 e. The average Bonchev–Trinajstić information content (AvgIpc) is 2.18. The van der Waals surface area contributed by atoms with Gasteiger partial charge < -0.3 is 10.3 Å². The molecule has 1 aromatic rings. The molecule has 0 aliphatic carbocycles. The van der Waals surface area contributed by atoms with Gasteiger partial charge in [0.05, 0.1) is 11.9 Å². The van der Waals surface area contributed by atoms with E-state index in [1.54, 1.807) is 26.0 Å². The molecule has 0 bridgehead atoms. The van der Waals surface area contributed by atoms with E-state index in [9.17, 15) is 4.57 Å². The van der Waals surface area contributed by atoms with Gasteiger partial charge in [-0.3, -0.25) is 4.57 Å². The van der Waals surface area contributed by atoms with Gasteiger partial charge in [-0.05, 0) is 32.9 Å². The third-order valence-corrected chi connectivity index (χ3v) is 5.28. The zero-order valence-corrected chi connectivity index (χ0v) is 11.6. The molecule has 92 valence electrons. The van der Waals surface area contributed by atoms with E-state index in [0.29, 0.717) is 11.9 Å². The Labute approximate surface area is 103 Å². The van der Waals surface area contributed by atoms with Crippen LogP contribution in [0.3, 0.4) is 0 Å². The van der Waals surface area contributed by atoms with Gasteiger partial charge in [-0.1, -0.05) is 18.2 Å². The van der Waals surface area contributed by atoms with Crippen molar-refractivity contribution >= 4 is 25.1 Å². The molecule has 0 saturated carbocycles. The summed E-state index contributed by atoms with van der Waals surface area (Å²) in [4.78, 5) is 0. The SMILES string of the molecule is CCOP(=O)(c1ccccc1)C(C)(C)N.Cl. The summed E-state index contributed by atoms with van der Waals surface area (Å²) in [6.07, 6.45) is 0. The van der Waals surface area contributed by atoms with Crippen molar-refractivity contribution < 1.29 is 9.09 Å². The van der Waals surface area contributed by atoms with Crippen LogP contribution in [-0.2, 0) is 9.09 Å². The van der Waals surface area contributed by atoms with Crippen molar-refractivity contribution in [2.45, 2.75) is 26.1 Å². The van der Waals surface area contributed by atoms with Gasteiger partial charge in [-0.2, -0.15) is 0 Å². The first kappa shape index (κ1) is 15.7. The van der Waals surface area contributed by atoms with Crippen LogP contribution < -0.4 is 11.0 Å². The van der Waals surface area contributed by atoms with Gasteiger partial charge >= 0.3 is 0 Å². The van der Waals surface area contributed by atoms with Crippen LogP contribution in [0, 0.1) is 0 Å². The first-order valence-corrected chi connectivity index (χ1v) is 6.63. The van der Waals surface area contributed by atoms with Crippen molar-refractivity contribution in [1.29, 1.82) is 0 Å². The molecule has 0 fully saturated rings. The predicted octanol–water partition coefficient (Wildman–Crippen LogP) is 2.74. The third-order valence-electron chi connectivity index (χ3n) is 2.17. The van der Waals surface area contributed by atoms with Crippen LogP contribution in [0.15, 0.2) is 30.3 Å². The summed E-state index contributed by atoms with van der Waals surface area (Å²) >= 11 is 0. The van der Waals surface area contributed by atoms with Crippen LogP contribution in [-0.4, -0.2) is 11.9 Å². The molecule has 2 N–H and O–H groups in total. The Kier molecular flexibility index (Phi) is 5.71. The van der Waals surface area contributed by atoms with Gasteiger partial charge in [-0.15, -0.1) is 12.4 Å². The summed E-state index contributed by atoms with van der Waals surface area (Å²) in [7, 11) is -2.98. The maximum Gasteiger partial charge on any atom is 0.250 e. The van der Waals surface area contributed by atoms with E-state index in [-0.39, 0.29) is 12.4 Å². The Hall–Kier alpha value is -0.340. The zero-order chi connectivity index (χ0) is 11.5. The summed E-state index contributed by atoms with van der Waals surface area (Å²) in [5, 5.41) is -0.177. The lowest BCUT2D eigenvalue weighted by Gasteiger charge is -2.30.